The molecule has 2 heteroatoms. The molecule has 1 unspecified atom stereocenters. The van der Waals surface area contributed by atoms with Gasteiger partial charge in [-0.1, -0.05) is 12.8 Å². The molecule has 1 saturated carbocycles. The number of hydrogen-bond acceptors (Lipinski definition) is 2. The molecule has 1 atom stereocenters. The van der Waals surface area contributed by atoms with Crippen molar-refractivity contribution in [2.75, 3.05) is 26.2 Å². The van der Waals surface area contributed by atoms with E-state index in [1.807, 2.05) is 0 Å². The lowest BCUT2D eigenvalue weighted by Gasteiger charge is -2.52. The van der Waals surface area contributed by atoms with Crippen molar-refractivity contribution in [1.82, 2.24) is 10.2 Å². The van der Waals surface area contributed by atoms with Gasteiger partial charge in [0.1, 0.15) is 0 Å². The first-order valence-corrected chi connectivity index (χ1v) is 6.83. The summed E-state index contributed by atoms with van der Waals surface area (Å²) in [5, 5.41) is 3.51. The molecule has 0 amide bonds. The van der Waals surface area contributed by atoms with Crippen molar-refractivity contribution in [3.8, 4) is 0 Å². The third-order valence-electron chi connectivity index (χ3n) is 4.80. The molecule has 15 heavy (non-hydrogen) atoms. The summed E-state index contributed by atoms with van der Waals surface area (Å²) in [7, 11) is 0. The van der Waals surface area contributed by atoms with E-state index in [0.717, 1.165) is 11.5 Å². The molecule has 0 aromatic heterocycles. The molecule has 0 bridgehead atoms. The van der Waals surface area contributed by atoms with Crippen molar-refractivity contribution < 1.29 is 0 Å². The highest BCUT2D eigenvalue weighted by Gasteiger charge is 2.46. The molecular weight excluding hydrogens is 184 g/mol. The minimum absolute atomic E-state index is 0.791. The highest BCUT2D eigenvalue weighted by Crippen LogP contribution is 2.46. The highest BCUT2D eigenvalue weighted by molar-refractivity contribution is 5.00. The molecule has 0 aromatic carbocycles. The van der Waals surface area contributed by atoms with Gasteiger partial charge >= 0.3 is 0 Å². The third-order valence-corrected chi connectivity index (χ3v) is 4.80. The van der Waals surface area contributed by atoms with Gasteiger partial charge in [0, 0.05) is 19.1 Å². The summed E-state index contributed by atoms with van der Waals surface area (Å²) in [5.41, 5.74) is 0.791. The third kappa shape index (κ3) is 1.94. The van der Waals surface area contributed by atoms with Crippen LogP contribution < -0.4 is 5.32 Å². The van der Waals surface area contributed by atoms with E-state index in [2.05, 4.69) is 10.2 Å². The van der Waals surface area contributed by atoms with Crippen molar-refractivity contribution in [2.45, 2.75) is 51.0 Å². The quantitative estimate of drug-likeness (QED) is 0.709. The Bertz CT molecular complexity index is 205. The molecule has 0 radical (unpaired) electrons. The fourth-order valence-corrected chi connectivity index (χ4v) is 3.88. The molecule has 1 N–H and O–H groups in total. The van der Waals surface area contributed by atoms with Gasteiger partial charge in [0.05, 0.1) is 0 Å². The molecule has 3 rings (SSSR count). The van der Waals surface area contributed by atoms with Gasteiger partial charge in [-0.2, -0.15) is 0 Å². The van der Waals surface area contributed by atoms with E-state index in [-0.39, 0.29) is 0 Å². The monoisotopic (exact) mass is 208 g/mol. The molecule has 1 spiro atoms. The molecule has 2 saturated heterocycles. The highest BCUT2D eigenvalue weighted by atomic mass is 15.2. The van der Waals surface area contributed by atoms with Crippen LogP contribution in [0.1, 0.15) is 44.9 Å². The lowest BCUT2D eigenvalue weighted by atomic mass is 9.77. The van der Waals surface area contributed by atoms with E-state index in [0.29, 0.717) is 0 Å². The van der Waals surface area contributed by atoms with Gasteiger partial charge in [0.25, 0.3) is 0 Å². The molecule has 2 nitrogen and oxygen atoms in total. The first-order chi connectivity index (χ1) is 7.38. The normalized spacial score (nSPS) is 36.4. The topological polar surface area (TPSA) is 15.3 Å². The lowest BCUT2D eigenvalue weighted by Crippen LogP contribution is -2.58. The zero-order valence-corrected chi connectivity index (χ0v) is 9.80. The Morgan fingerprint density at radius 1 is 0.933 bits per heavy atom. The van der Waals surface area contributed by atoms with Gasteiger partial charge in [-0.05, 0) is 50.6 Å². The maximum absolute atomic E-state index is 3.51. The van der Waals surface area contributed by atoms with Crippen molar-refractivity contribution in [1.29, 1.82) is 0 Å². The molecule has 2 aliphatic heterocycles. The smallest absolute Gasteiger partial charge is 0.0108 e. The summed E-state index contributed by atoms with van der Waals surface area (Å²) in [6.07, 6.45) is 10.2. The van der Waals surface area contributed by atoms with E-state index in [9.17, 15) is 0 Å². The molecule has 3 aliphatic rings. The van der Waals surface area contributed by atoms with Gasteiger partial charge in [-0.25, -0.2) is 0 Å². The van der Waals surface area contributed by atoms with E-state index in [4.69, 9.17) is 0 Å². The average Bonchev–Trinajstić information content (AvgIpc) is 2.53. The Labute approximate surface area is 93.4 Å². The van der Waals surface area contributed by atoms with Crippen LogP contribution in [0.2, 0.25) is 0 Å². The molecule has 3 fully saturated rings. The maximum Gasteiger partial charge on any atom is 0.0108 e. The lowest BCUT2D eigenvalue weighted by molar-refractivity contribution is -0.0300. The van der Waals surface area contributed by atoms with Crippen molar-refractivity contribution in [3.63, 3.8) is 0 Å². The summed E-state index contributed by atoms with van der Waals surface area (Å²) in [4.78, 5) is 2.78. The largest absolute Gasteiger partial charge is 0.317 e. The first-order valence-electron chi connectivity index (χ1n) is 6.83. The van der Waals surface area contributed by atoms with Crippen LogP contribution in [0, 0.1) is 5.41 Å². The Hall–Kier alpha value is -0.0800. The van der Waals surface area contributed by atoms with Crippen LogP contribution in [0.15, 0.2) is 0 Å². The second-order valence-electron chi connectivity index (χ2n) is 5.95. The standard InChI is InChI=1S/C13H24N2/c1-2-7-13(6-1)10-15(11-13)12-4-3-8-14-9-5-12/h12,14H,1-11H2. The van der Waals surface area contributed by atoms with Gasteiger partial charge < -0.3 is 5.32 Å². The van der Waals surface area contributed by atoms with Crippen molar-refractivity contribution >= 4 is 0 Å². The van der Waals surface area contributed by atoms with Crippen LogP contribution in [0.25, 0.3) is 0 Å². The second kappa shape index (κ2) is 4.06. The number of likely N-dealkylation sites (tertiary alicyclic amines) is 1. The summed E-state index contributed by atoms with van der Waals surface area (Å²) >= 11 is 0. The van der Waals surface area contributed by atoms with E-state index < -0.39 is 0 Å². The number of nitrogens with zero attached hydrogens (tertiary/aromatic N) is 1. The minimum Gasteiger partial charge on any atom is -0.317 e. The summed E-state index contributed by atoms with van der Waals surface area (Å²) < 4.78 is 0. The first kappa shape index (κ1) is 10.1. The number of hydrogen-bond donors (Lipinski definition) is 1. The van der Waals surface area contributed by atoms with Crippen LogP contribution in [0.3, 0.4) is 0 Å². The summed E-state index contributed by atoms with van der Waals surface area (Å²) in [6, 6.07) is 0.909. The van der Waals surface area contributed by atoms with Gasteiger partial charge in [0.2, 0.25) is 0 Å². The molecule has 2 heterocycles. The fraction of sp³-hybridized carbons (Fsp3) is 1.00. The fourth-order valence-electron chi connectivity index (χ4n) is 3.88. The van der Waals surface area contributed by atoms with Crippen molar-refractivity contribution in [3.05, 3.63) is 0 Å². The van der Waals surface area contributed by atoms with E-state index >= 15 is 0 Å². The molecular formula is C13H24N2. The number of nitrogens with one attached hydrogen (secondary N) is 1. The SMILES string of the molecule is C1CNCCC(N2CC3(CCCC3)C2)C1. The second-order valence-corrected chi connectivity index (χ2v) is 5.95. The Balaban J connectivity index is 1.52. The van der Waals surface area contributed by atoms with E-state index in [1.165, 1.54) is 71.1 Å². The summed E-state index contributed by atoms with van der Waals surface area (Å²) in [6.45, 7) is 5.35. The maximum atomic E-state index is 3.51. The van der Waals surface area contributed by atoms with Gasteiger partial charge in [-0.3, -0.25) is 4.90 Å². The van der Waals surface area contributed by atoms with Crippen LogP contribution in [-0.4, -0.2) is 37.1 Å². The van der Waals surface area contributed by atoms with E-state index in [1.54, 1.807) is 0 Å². The van der Waals surface area contributed by atoms with Gasteiger partial charge in [-0.15, -0.1) is 0 Å². The van der Waals surface area contributed by atoms with Crippen LogP contribution in [-0.2, 0) is 0 Å². The molecule has 0 aromatic rings. The predicted molar refractivity (Wildman–Crippen MR) is 63.0 cm³/mol. The van der Waals surface area contributed by atoms with Crippen LogP contribution in [0.5, 0.6) is 0 Å². The minimum atomic E-state index is 0.791. The Morgan fingerprint density at radius 3 is 2.53 bits per heavy atom. The van der Waals surface area contributed by atoms with Crippen LogP contribution >= 0.6 is 0 Å². The zero-order valence-electron chi connectivity index (χ0n) is 9.80. The van der Waals surface area contributed by atoms with Gasteiger partial charge in [0.15, 0.2) is 0 Å². The van der Waals surface area contributed by atoms with Crippen LogP contribution in [0.4, 0.5) is 0 Å². The number of rotatable bonds is 1. The Morgan fingerprint density at radius 2 is 1.73 bits per heavy atom. The zero-order chi connectivity index (χ0) is 10.1. The average molecular weight is 208 g/mol. The summed E-state index contributed by atoms with van der Waals surface area (Å²) in [5.74, 6) is 0. The molecule has 86 valence electrons. The Kier molecular flexibility index (Phi) is 2.73. The van der Waals surface area contributed by atoms with Crippen molar-refractivity contribution in [2.24, 2.45) is 5.41 Å². The molecule has 1 aliphatic carbocycles. The predicted octanol–water partition coefficient (Wildman–Crippen LogP) is 2.00.